The topological polar surface area (TPSA) is 84.5 Å². The van der Waals surface area contributed by atoms with Crippen molar-refractivity contribution in [3.8, 4) is 0 Å². The quantitative estimate of drug-likeness (QED) is 0.681. The number of ether oxygens (including phenoxy) is 1. The van der Waals surface area contributed by atoms with Crippen LogP contribution in [0.5, 0.6) is 0 Å². The van der Waals surface area contributed by atoms with E-state index in [0.29, 0.717) is 5.56 Å². The summed E-state index contributed by atoms with van der Waals surface area (Å²) in [6.07, 6.45) is 0.778. The van der Waals surface area contributed by atoms with Gasteiger partial charge in [-0.1, -0.05) is 58.0 Å². The van der Waals surface area contributed by atoms with Gasteiger partial charge in [0, 0.05) is 11.3 Å². The molecule has 30 heavy (non-hydrogen) atoms. The van der Waals surface area contributed by atoms with Crippen LogP contribution in [0.15, 0.2) is 42.5 Å². The van der Waals surface area contributed by atoms with E-state index in [1.165, 1.54) is 0 Å². The second-order valence-electron chi connectivity index (χ2n) is 8.18. The lowest BCUT2D eigenvalue weighted by atomic mass is 9.87. The lowest BCUT2D eigenvalue weighted by Crippen LogP contribution is -2.32. The summed E-state index contributed by atoms with van der Waals surface area (Å²) < 4.78 is 4.97. The number of para-hydroxylation sites is 1. The van der Waals surface area contributed by atoms with E-state index in [-0.39, 0.29) is 17.9 Å². The highest BCUT2D eigenvalue weighted by Crippen LogP contribution is 2.22. The smallest absolute Gasteiger partial charge is 0.325 e. The zero-order valence-electron chi connectivity index (χ0n) is 18.3. The molecule has 6 nitrogen and oxygen atoms in total. The van der Waals surface area contributed by atoms with Crippen LogP contribution < -0.4 is 10.6 Å². The predicted molar refractivity (Wildman–Crippen MR) is 118 cm³/mol. The van der Waals surface area contributed by atoms with E-state index in [1.54, 1.807) is 12.1 Å². The number of hydrogen-bond donors (Lipinski definition) is 2. The largest absolute Gasteiger partial charge is 0.454 e. The van der Waals surface area contributed by atoms with Gasteiger partial charge in [-0.25, -0.2) is 0 Å². The Kier molecular flexibility index (Phi) is 7.75. The van der Waals surface area contributed by atoms with Crippen molar-refractivity contribution in [2.75, 3.05) is 18.5 Å². The van der Waals surface area contributed by atoms with Gasteiger partial charge < -0.3 is 15.4 Å². The molecular weight excluding hydrogens is 380 g/mol. The number of anilines is 1. The van der Waals surface area contributed by atoms with Gasteiger partial charge >= 0.3 is 5.97 Å². The molecule has 0 aliphatic heterocycles. The Labute approximate surface area is 178 Å². The number of esters is 1. The van der Waals surface area contributed by atoms with Crippen LogP contribution in [-0.2, 0) is 26.2 Å². The van der Waals surface area contributed by atoms with E-state index < -0.39 is 18.5 Å². The molecule has 2 aromatic carbocycles. The molecule has 0 aliphatic rings. The third kappa shape index (κ3) is 6.44. The van der Waals surface area contributed by atoms with E-state index in [9.17, 15) is 14.4 Å². The maximum absolute atomic E-state index is 12.2. The summed E-state index contributed by atoms with van der Waals surface area (Å²) in [4.78, 5) is 36.2. The minimum atomic E-state index is -0.676. The highest BCUT2D eigenvalue weighted by molar-refractivity contribution is 5.97. The zero-order valence-corrected chi connectivity index (χ0v) is 18.3. The Morgan fingerprint density at radius 1 is 1.00 bits per heavy atom. The first-order chi connectivity index (χ1) is 14.1. The van der Waals surface area contributed by atoms with Crippen molar-refractivity contribution in [3.05, 3.63) is 64.7 Å². The lowest BCUT2D eigenvalue weighted by Gasteiger charge is -2.19. The van der Waals surface area contributed by atoms with E-state index in [1.807, 2.05) is 44.2 Å². The Bertz CT molecular complexity index is 912. The molecule has 6 heteroatoms. The van der Waals surface area contributed by atoms with Crippen molar-refractivity contribution in [1.29, 1.82) is 0 Å². The first-order valence-electron chi connectivity index (χ1n) is 10.0. The summed E-state index contributed by atoms with van der Waals surface area (Å²) in [5.41, 5.74) is 4.27. The molecule has 0 spiro atoms. The molecule has 0 heterocycles. The number of carbonyl (C=O) groups is 3. The molecule has 160 valence electrons. The summed E-state index contributed by atoms with van der Waals surface area (Å²) in [5.74, 6) is -1.47. The van der Waals surface area contributed by atoms with Gasteiger partial charge in [0.05, 0.1) is 0 Å². The summed E-state index contributed by atoms with van der Waals surface area (Å²) in [7, 11) is 0. The normalized spacial score (nSPS) is 11.0. The predicted octanol–water partition coefficient (Wildman–Crippen LogP) is 3.77. The molecular formula is C24H30N2O4. The minimum absolute atomic E-state index is 0.00440. The van der Waals surface area contributed by atoms with Crippen LogP contribution in [0.4, 0.5) is 5.69 Å². The van der Waals surface area contributed by atoms with Crippen molar-refractivity contribution >= 4 is 23.5 Å². The van der Waals surface area contributed by atoms with E-state index in [2.05, 4.69) is 31.4 Å². The molecule has 0 fully saturated rings. The molecule has 0 saturated carbocycles. The van der Waals surface area contributed by atoms with Crippen molar-refractivity contribution in [2.24, 2.45) is 0 Å². The second-order valence-corrected chi connectivity index (χ2v) is 8.18. The maximum atomic E-state index is 12.2. The maximum Gasteiger partial charge on any atom is 0.325 e. The third-order valence-corrected chi connectivity index (χ3v) is 4.78. The van der Waals surface area contributed by atoms with Crippen LogP contribution in [0, 0.1) is 6.92 Å². The molecule has 0 aliphatic carbocycles. The molecule has 0 radical (unpaired) electrons. The Hall–Kier alpha value is -3.15. The van der Waals surface area contributed by atoms with Gasteiger partial charge in [0.2, 0.25) is 0 Å². The van der Waals surface area contributed by atoms with Crippen LogP contribution >= 0.6 is 0 Å². The Morgan fingerprint density at radius 3 is 2.27 bits per heavy atom. The lowest BCUT2D eigenvalue weighted by molar-refractivity contribution is -0.146. The standard InChI is InChI=1S/C24H30N2O4/c1-6-17-9-7-8-16(2)22(17)26-20(27)15-30-21(28)14-25-23(29)18-10-12-19(13-11-18)24(3,4)5/h7-13H,6,14-15H2,1-5H3,(H,25,29)(H,26,27). The number of amides is 2. The van der Waals surface area contributed by atoms with Gasteiger partial charge in [0.1, 0.15) is 6.54 Å². The number of hydrogen-bond acceptors (Lipinski definition) is 4. The van der Waals surface area contributed by atoms with E-state index in [4.69, 9.17) is 4.74 Å². The SMILES string of the molecule is CCc1cccc(C)c1NC(=O)COC(=O)CNC(=O)c1ccc(C(C)(C)C)cc1. The number of benzene rings is 2. The fourth-order valence-electron chi connectivity index (χ4n) is 2.95. The number of aryl methyl sites for hydroxylation is 2. The van der Waals surface area contributed by atoms with Crippen LogP contribution in [0.1, 0.15) is 54.7 Å². The van der Waals surface area contributed by atoms with E-state index >= 15 is 0 Å². The third-order valence-electron chi connectivity index (χ3n) is 4.78. The van der Waals surface area contributed by atoms with Gasteiger partial charge in [0.15, 0.2) is 6.61 Å². The van der Waals surface area contributed by atoms with Crippen LogP contribution in [0.3, 0.4) is 0 Å². The molecule has 0 saturated heterocycles. The van der Waals surface area contributed by atoms with Gasteiger partial charge in [-0.3, -0.25) is 14.4 Å². The minimum Gasteiger partial charge on any atom is -0.454 e. The molecule has 0 atom stereocenters. The molecule has 2 N–H and O–H groups in total. The van der Waals surface area contributed by atoms with E-state index in [0.717, 1.165) is 28.8 Å². The van der Waals surface area contributed by atoms with Crippen LogP contribution in [-0.4, -0.2) is 30.9 Å². The van der Waals surface area contributed by atoms with Gasteiger partial charge in [-0.15, -0.1) is 0 Å². The first-order valence-corrected chi connectivity index (χ1v) is 10.0. The molecule has 0 aromatic heterocycles. The Balaban J connectivity index is 1.81. The number of rotatable bonds is 7. The molecule has 2 amide bonds. The molecule has 2 aromatic rings. The summed E-state index contributed by atoms with van der Waals surface area (Å²) in [5, 5.41) is 5.30. The van der Waals surface area contributed by atoms with Gasteiger partial charge in [-0.2, -0.15) is 0 Å². The van der Waals surface area contributed by atoms with Crippen LogP contribution in [0.25, 0.3) is 0 Å². The highest BCUT2D eigenvalue weighted by atomic mass is 16.5. The average Bonchev–Trinajstić information content (AvgIpc) is 2.71. The average molecular weight is 411 g/mol. The number of carbonyl (C=O) groups excluding carboxylic acids is 3. The van der Waals surface area contributed by atoms with Crippen molar-refractivity contribution in [2.45, 2.75) is 46.5 Å². The highest BCUT2D eigenvalue weighted by Gasteiger charge is 2.15. The second kappa shape index (κ2) is 10.1. The molecule has 0 bridgehead atoms. The number of nitrogens with one attached hydrogen (secondary N) is 2. The first kappa shape index (κ1) is 23.1. The van der Waals surface area contributed by atoms with Crippen LogP contribution in [0.2, 0.25) is 0 Å². The van der Waals surface area contributed by atoms with Crippen molar-refractivity contribution < 1.29 is 19.1 Å². The fraction of sp³-hybridized carbons (Fsp3) is 0.375. The monoisotopic (exact) mass is 410 g/mol. The molecule has 2 rings (SSSR count). The summed E-state index contributed by atoms with van der Waals surface area (Å²) >= 11 is 0. The fourth-order valence-corrected chi connectivity index (χ4v) is 2.95. The summed E-state index contributed by atoms with van der Waals surface area (Å²) in [6, 6.07) is 13.0. The zero-order chi connectivity index (χ0) is 22.3. The van der Waals surface area contributed by atoms with Crippen molar-refractivity contribution in [3.63, 3.8) is 0 Å². The van der Waals surface area contributed by atoms with Gasteiger partial charge in [0.25, 0.3) is 11.8 Å². The molecule has 0 unspecified atom stereocenters. The summed E-state index contributed by atoms with van der Waals surface area (Å²) in [6.45, 7) is 9.47. The van der Waals surface area contributed by atoms with Crippen molar-refractivity contribution in [1.82, 2.24) is 5.32 Å². The van der Waals surface area contributed by atoms with Gasteiger partial charge in [-0.05, 0) is 47.6 Å². The Morgan fingerprint density at radius 2 is 1.67 bits per heavy atom.